The molecule has 0 aliphatic heterocycles. The molecular formula is C24H18ClFN2O2. The van der Waals surface area contributed by atoms with Crippen LogP contribution in [0.4, 0.5) is 10.1 Å². The van der Waals surface area contributed by atoms with E-state index in [-0.39, 0.29) is 18.0 Å². The number of carbonyl (C=O) groups excluding carboxylic acids is 1. The molecule has 0 saturated carbocycles. The van der Waals surface area contributed by atoms with Crippen LogP contribution in [0.25, 0.3) is 6.08 Å². The maximum Gasteiger partial charge on any atom is 0.266 e. The molecule has 3 aromatic carbocycles. The highest BCUT2D eigenvalue weighted by Gasteiger charge is 2.11. The number of benzene rings is 3. The second kappa shape index (κ2) is 9.73. The molecule has 3 aromatic rings. The number of nitrogens with zero attached hydrogens (tertiary/aromatic N) is 1. The van der Waals surface area contributed by atoms with Crippen LogP contribution in [0.5, 0.6) is 5.75 Å². The number of nitriles is 1. The molecule has 0 aliphatic rings. The zero-order chi connectivity index (χ0) is 21.5. The zero-order valence-corrected chi connectivity index (χ0v) is 16.9. The van der Waals surface area contributed by atoms with Gasteiger partial charge in [-0.05, 0) is 54.5 Å². The first-order valence-corrected chi connectivity index (χ1v) is 9.49. The molecule has 1 amide bonds. The molecule has 0 heterocycles. The molecule has 0 radical (unpaired) electrons. The summed E-state index contributed by atoms with van der Waals surface area (Å²) in [4.78, 5) is 12.5. The molecule has 6 heteroatoms. The van der Waals surface area contributed by atoms with E-state index in [0.29, 0.717) is 27.6 Å². The van der Waals surface area contributed by atoms with Crippen LogP contribution < -0.4 is 10.1 Å². The van der Waals surface area contributed by atoms with Crippen molar-refractivity contribution >= 4 is 29.3 Å². The molecule has 0 unspecified atom stereocenters. The van der Waals surface area contributed by atoms with Gasteiger partial charge < -0.3 is 10.1 Å². The predicted octanol–water partition coefficient (Wildman–Crippen LogP) is 5.91. The van der Waals surface area contributed by atoms with Crippen LogP contribution in [-0.4, -0.2) is 5.91 Å². The number of rotatable bonds is 6. The van der Waals surface area contributed by atoms with E-state index in [2.05, 4.69) is 5.32 Å². The van der Waals surface area contributed by atoms with Crippen LogP contribution in [0.15, 0.2) is 72.3 Å². The Hall–Kier alpha value is -3.62. The van der Waals surface area contributed by atoms with Crippen molar-refractivity contribution in [2.75, 3.05) is 5.32 Å². The Morgan fingerprint density at radius 2 is 1.90 bits per heavy atom. The minimum absolute atomic E-state index is 0.0469. The molecule has 150 valence electrons. The second-order valence-electron chi connectivity index (χ2n) is 6.53. The largest absolute Gasteiger partial charge is 0.489 e. The molecule has 0 spiro atoms. The molecule has 4 nitrogen and oxygen atoms in total. The Bertz CT molecular complexity index is 1130. The Kier molecular flexibility index (Phi) is 6.84. The number of halogens is 2. The summed E-state index contributed by atoms with van der Waals surface area (Å²) >= 11 is 5.97. The van der Waals surface area contributed by atoms with Crippen molar-refractivity contribution < 1.29 is 13.9 Å². The van der Waals surface area contributed by atoms with E-state index in [9.17, 15) is 14.4 Å². The standard InChI is InChI=1S/C24H18ClFN2O2/c1-16-6-9-20(25)13-23(16)28-24(29)19(14-27)12-17-7-10-21(11-8-17)30-15-18-4-2-3-5-22(18)26/h2-13H,15H2,1H3,(H,28,29)/b19-12+. The average molecular weight is 421 g/mol. The van der Waals surface area contributed by atoms with E-state index >= 15 is 0 Å². The Morgan fingerprint density at radius 3 is 2.60 bits per heavy atom. The van der Waals surface area contributed by atoms with Crippen LogP contribution in [0.2, 0.25) is 5.02 Å². The van der Waals surface area contributed by atoms with E-state index in [1.54, 1.807) is 60.7 Å². The zero-order valence-electron chi connectivity index (χ0n) is 16.2. The van der Waals surface area contributed by atoms with E-state index in [4.69, 9.17) is 16.3 Å². The molecule has 3 rings (SSSR count). The first-order valence-electron chi connectivity index (χ1n) is 9.12. The quantitative estimate of drug-likeness (QED) is 0.398. The third-order valence-corrected chi connectivity index (χ3v) is 4.59. The summed E-state index contributed by atoms with van der Waals surface area (Å²) in [5.74, 6) is -0.299. The van der Waals surface area contributed by atoms with Crippen LogP contribution in [0.1, 0.15) is 16.7 Å². The molecular weight excluding hydrogens is 403 g/mol. The lowest BCUT2D eigenvalue weighted by molar-refractivity contribution is -0.112. The summed E-state index contributed by atoms with van der Waals surface area (Å²) in [6.45, 7) is 1.94. The molecule has 0 aromatic heterocycles. The predicted molar refractivity (Wildman–Crippen MR) is 116 cm³/mol. The Labute approximate surface area is 179 Å². The molecule has 0 saturated heterocycles. The van der Waals surface area contributed by atoms with Crippen molar-refractivity contribution in [1.29, 1.82) is 5.26 Å². The normalized spacial score (nSPS) is 10.9. The topological polar surface area (TPSA) is 62.1 Å². The first kappa shape index (κ1) is 21.1. The van der Waals surface area contributed by atoms with Gasteiger partial charge in [-0.2, -0.15) is 5.26 Å². The minimum Gasteiger partial charge on any atom is -0.489 e. The van der Waals surface area contributed by atoms with Crippen molar-refractivity contribution in [3.8, 4) is 11.8 Å². The van der Waals surface area contributed by atoms with E-state index in [1.807, 2.05) is 13.0 Å². The van der Waals surface area contributed by atoms with Crippen molar-refractivity contribution in [3.63, 3.8) is 0 Å². The SMILES string of the molecule is Cc1ccc(Cl)cc1NC(=O)/C(C#N)=C/c1ccc(OCc2ccccc2F)cc1. The summed E-state index contributed by atoms with van der Waals surface area (Å²) in [7, 11) is 0. The molecule has 30 heavy (non-hydrogen) atoms. The van der Waals surface area contributed by atoms with Gasteiger partial charge in [0.1, 0.15) is 29.8 Å². The fourth-order valence-electron chi connectivity index (χ4n) is 2.67. The molecule has 0 bridgehead atoms. The lowest BCUT2D eigenvalue weighted by Crippen LogP contribution is -2.14. The van der Waals surface area contributed by atoms with Gasteiger partial charge in [-0.1, -0.05) is 48.0 Å². The molecule has 1 N–H and O–H groups in total. The number of carbonyl (C=O) groups is 1. The van der Waals surface area contributed by atoms with Gasteiger partial charge in [0.25, 0.3) is 5.91 Å². The lowest BCUT2D eigenvalue weighted by Gasteiger charge is -2.09. The number of anilines is 1. The van der Waals surface area contributed by atoms with Gasteiger partial charge in [-0.25, -0.2) is 4.39 Å². The van der Waals surface area contributed by atoms with Gasteiger partial charge in [0.2, 0.25) is 0 Å². The van der Waals surface area contributed by atoms with Gasteiger partial charge in [0.15, 0.2) is 0 Å². The number of hydrogen-bond acceptors (Lipinski definition) is 3. The van der Waals surface area contributed by atoms with Crippen LogP contribution in [-0.2, 0) is 11.4 Å². The smallest absolute Gasteiger partial charge is 0.266 e. The maximum atomic E-state index is 13.7. The maximum absolute atomic E-state index is 13.7. The minimum atomic E-state index is -0.525. The van der Waals surface area contributed by atoms with Crippen LogP contribution in [0, 0.1) is 24.1 Å². The van der Waals surface area contributed by atoms with Crippen molar-refractivity contribution in [2.24, 2.45) is 0 Å². The summed E-state index contributed by atoms with van der Waals surface area (Å²) in [5.41, 5.74) is 2.45. The van der Waals surface area contributed by atoms with Crippen LogP contribution >= 0.6 is 11.6 Å². The van der Waals surface area contributed by atoms with Crippen molar-refractivity contribution in [1.82, 2.24) is 0 Å². The summed E-state index contributed by atoms with van der Waals surface area (Å²) in [5, 5.41) is 12.6. The van der Waals surface area contributed by atoms with Gasteiger partial charge >= 0.3 is 0 Å². The third kappa shape index (κ3) is 5.47. The van der Waals surface area contributed by atoms with E-state index in [0.717, 1.165) is 5.56 Å². The van der Waals surface area contributed by atoms with Crippen LogP contribution in [0.3, 0.4) is 0 Å². The number of amides is 1. The summed E-state index contributed by atoms with van der Waals surface area (Å²) in [6, 6.07) is 20.3. The fraction of sp³-hybridized carbons (Fsp3) is 0.0833. The molecule has 0 fully saturated rings. The number of aryl methyl sites for hydroxylation is 1. The fourth-order valence-corrected chi connectivity index (χ4v) is 2.84. The number of hydrogen-bond donors (Lipinski definition) is 1. The Balaban J connectivity index is 1.68. The highest BCUT2D eigenvalue weighted by Crippen LogP contribution is 2.21. The van der Waals surface area contributed by atoms with Crippen molar-refractivity contribution in [3.05, 3.63) is 99.8 Å². The van der Waals surface area contributed by atoms with Gasteiger partial charge in [0.05, 0.1) is 0 Å². The Morgan fingerprint density at radius 1 is 1.17 bits per heavy atom. The van der Waals surface area contributed by atoms with Gasteiger partial charge in [-0.3, -0.25) is 4.79 Å². The highest BCUT2D eigenvalue weighted by atomic mass is 35.5. The highest BCUT2D eigenvalue weighted by molar-refractivity contribution is 6.31. The van der Waals surface area contributed by atoms with Crippen molar-refractivity contribution in [2.45, 2.75) is 13.5 Å². The van der Waals surface area contributed by atoms with Gasteiger partial charge in [-0.15, -0.1) is 0 Å². The monoisotopic (exact) mass is 420 g/mol. The lowest BCUT2D eigenvalue weighted by atomic mass is 10.1. The van der Waals surface area contributed by atoms with E-state index in [1.165, 1.54) is 12.1 Å². The molecule has 0 atom stereocenters. The molecule has 0 aliphatic carbocycles. The second-order valence-corrected chi connectivity index (χ2v) is 6.97. The summed E-state index contributed by atoms with van der Waals surface area (Å²) < 4.78 is 19.2. The summed E-state index contributed by atoms with van der Waals surface area (Å²) in [6.07, 6.45) is 1.48. The number of ether oxygens (including phenoxy) is 1. The third-order valence-electron chi connectivity index (χ3n) is 4.36. The average Bonchev–Trinajstić information content (AvgIpc) is 2.75. The van der Waals surface area contributed by atoms with Gasteiger partial charge in [0, 0.05) is 16.3 Å². The van der Waals surface area contributed by atoms with E-state index < -0.39 is 5.91 Å². The number of nitrogens with one attached hydrogen (secondary N) is 1. The first-order chi connectivity index (χ1) is 14.5.